The Kier molecular flexibility index (Phi) is 15.0. The van der Waals surface area contributed by atoms with Crippen LogP contribution in [0.4, 0.5) is 11.4 Å². The fraction of sp³-hybridized carbons (Fsp3) is 0.759. The van der Waals surface area contributed by atoms with Gasteiger partial charge in [0.1, 0.15) is 0 Å². The molecule has 1 aromatic carbocycles. The van der Waals surface area contributed by atoms with Crippen LogP contribution in [0, 0.1) is 0 Å². The normalized spacial score (nSPS) is 11.6. The van der Waals surface area contributed by atoms with Crippen molar-refractivity contribution in [3.63, 3.8) is 0 Å². The van der Waals surface area contributed by atoms with Gasteiger partial charge in [0.25, 0.3) is 0 Å². The Morgan fingerprint density at radius 1 is 0.727 bits per heavy atom. The summed E-state index contributed by atoms with van der Waals surface area (Å²) in [5.74, 6) is -0.299. The number of carbonyl (C=O) groups excluding carboxylic acids is 1. The molecule has 0 unspecified atom stereocenters. The summed E-state index contributed by atoms with van der Waals surface area (Å²) >= 11 is 0. The van der Waals surface area contributed by atoms with E-state index in [2.05, 4.69) is 6.92 Å². The monoisotopic (exact) mass is 460 g/mol. The van der Waals surface area contributed by atoms with Gasteiger partial charge in [0, 0.05) is 0 Å². The van der Waals surface area contributed by atoms with Crippen molar-refractivity contribution < 1.29 is 9.53 Å². The van der Waals surface area contributed by atoms with Gasteiger partial charge >= 0.3 is 5.97 Å². The van der Waals surface area contributed by atoms with E-state index in [0.717, 1.165) is 18.4 Å². The molecule has 0 aliphatic carbocycles. The summed E-state index contributed by atoms with van der Waals surface area (Å²) < 4.78 is 5.54. The molecular weight excluding hydrogens is 408 g/mol. The predicted molar refractivity (Wildman–Crippen MR) is 144 cm³/mol. The summed E-state index contributed by atoms with van der Waals surface area (Å²) in [6.07, 6.45) is 21.3. The SMILES string of the molecule is CCCCCCCCCCCCCCCCCCOC(=O)c1ccc(N)c(N)c1C(C)(C)C. The summed E-state index contributed by atoms with van der Waals surface area (Å²) in [6, 6.07) is 3.43. The summed E-state index contributed by atoms with van der Waals surface area (Å²) in [6.45, 7) is 8.84. The van der Waals surface area contributed by atoms with E-state index in [9.17, 15) is 4.79 Å². The second kappa shape index (κ2) is 16.8. The molecule has 4 heteroatoms. The molecule has 0 bridgehead atoms. The second-order valence-electron chi connectivity index (χ2n) is 10.7. The third-order valence-corrected chi connectivity index (χ3v) is 6.48. The van der Waals surface area contributed by atoms with Crippen molar-refractivity contribution in [2.75, 3.05) is 18.1 Å². The van der Waals surface area contributed by atoms with Crippen molar-refractivity contribution in [3.05, 3.63) is 23.3 Å². The first kappa shape index (κ1) is 29.3. The van der Waals surface area contributed by atoms with Gasteiger partial charge in [-0.2, -0.15) is 0 Å². The van der Waals surface area contributed by atoms with E-state index < -0.39 is 0 Å². The highest BCUT2D eigenvalue weighted by molar-refractivity contribution is 5.95. The Bertz CT molecular complexity index is 664. The zero-order chi connectivity index (χ0) is 24.5. The Hall–Kier alpha value is -1.71. The van der Waals surface area contributed by atoms with Crippen LogP contribution in [0.15, 0.2) is 12.1 Å². The summed E-state index contributed by atoms with van der Waals surface area (Å²) in [7, 11) is 0. The quantitative estimate of drug-likeness (QED) is 0.131. The molecule has 0 aromatic heterocycles. The van der Waals surface area contributed by atoms with Gasteiger partial charge in [-0.1, -0.05) is 124 Å². The summed E-state index contributed by atoms with van der Waals surface area (Å²) in [5.41, 5.74) is 14.2. The molecule has 0 radical (unpaired) electrons. The number of carbonyl (C=O) groups is 1. The van der Waals surface area contributed by atoms with E-state index in [1.165, 1.54) is 89.9 Å². The van der Waals surface area contributed by atoms with Gasteiger partial charge in [0.2, 0.25) is 0 Å². The zero-order valence-electron chi connectivity index (χ0n) is 22.1. The molecular formula is C29H52N2O2. The molecule has 33 heavy (non-hydrogen) atoms. The third-order valence-electron chi connectivity index (χ3n) is 6.48. The van der Waals surface area contributed by atoms with Gasteiger partial charge in [-0.25, -0.2) is 4.79 Å². The molecule has 1 rings (SSSR count). The molecule has 0 aliphatic heterocycles. The molecule has 4 N–H and O–H groups in total. The number of ether oxygens (including phenoxy) is 1. The number of benzene rings is 1. The van der Waals surface area contributed by atoms with Gasteiger partial charge in [-0.05, 0) is 29.5 Å². The standard InChI is InChI=1S/C29H52N2O2/c1-5-6-7-8-9-10-11-12-13-14-15-16-17-18-19-20-23-33-28(32)24-21-22-25(30)27(31)26(24)29(2,3)4/h21-22H,5-20,23,30-31H2,1-4H3. The highest BCUT2D eigenvalue weighted by atomic mass is 16.5. The van der Waals surface area contributed by atoms with Gasteiger partial charge in [-0.3, -0.25) is 0 Å². The molecule has 0 saturated heterocycles. The Morgan fingerprint density at radius 2 is 1.15 bits per heavy atom. The molecule has 0 aliphatic rings. The molecule has 190 valence electrons. The molecule has 0 heterocycles. The number of rotatable bonds is 18. The molecule has 0 amide bonds. The number of nitrogen functional groups attached to an aromatic ring is 2. The fourth-order valence-corrected chi connectivity index (χ4v) is 4.51. The molecule has 0 spiro atoms. The smallest absolute Gasteiger partial charge is 0.338 e. The van der Waals surface area contributed by atoms with Crippen LogP contribution in [-0.2, 0) is 10.2 Å². The number of anilines is 2. The van der Waals surface area contributed by atoms with Crippen LogP contribution in [0.2, 0.25) is 0 Å². The van der Waals surface area contributed by atoms with Crippen molar-refractivity contribution >= 4 is 17.3 Å². The van der Waals surface area contributed by atoms with Gasteiger partial charge in [0.05, 0.1) is 23.5 Å². The highest BCUT2D eigenvalue weighted by Crippen LogP contribution is 2.35. The first-order chi connectivity index (χ1) is 15.8. The lowest BCUT2D eigenvalue weighted by atomic mass is 9.82. The number of hydrogen-bond acceptors (Lipinski definition) is 4. The van der Waals surface area contributed by atoms with E-state index in [1.807, 2.05) is 20.8 Å². The first-order valence-corrected chi connectivity index (χ1v) is 13.6. The minimum absolute atomic E-state index is 0.276. The highest BCUT2D eigenvalue weighted by Gasteiger charge is 2.26. The molecule has 4 nitrogen and oxygen atoms in total. The Balaban J connectivity index is 2.05. The van der Waals surface area contributed by atoms with Crippen LogP contribution < -0.4 is 11.5 Å². The van der Waals surface area contributed by atoms with Crippen LogP contribution >= 0.6 is 0 Å². The van der Waals surface area contributed by atoms with Crippen molar-refractivity contribution in [2.45, 2.75) is 136 Å². The minimum atomic E-state index is -0.299. The van der Waals surface area contributed by atoms with Crippen molar-refractivity contribution in [2.24, 2.45) is 0 Å². The lowest BCUT2D eigenvalue weighted by Crippen LogP contribution is -2.21. The molecule has 0 fully saturated rings. The average molecular weight is 461 g/mol. The van der Waals surface area contributed by atoms with E-state index in [4.69, 9.17) is 16.2 Å². The number of unbranched alkanes of at least 4 members (excludes halogenated alkanes) is 15. The lowest BCUT2D eigenvalue weighted by Gasteiger charge is -2.25. The maximum absolute atomic E-state index is 12.6. The zero-order valence-corrected chi connectivity index (χ0v) is 22.1. The van der Waals surface area contributed by atoms with E-state index in [1.54, 1.807) is 12.1 Å². The van der Waals surface area contributed by atoms with E-state index >= 15 is 0 Å². The largest absolute Gasteiger partial charge is 0.462 e. The van der Waals surface area contributed by atoms with E-state index in [-0.39, 0.29) is 11.4 Å². The van der Waals surface area contributed by atoms with Crippen molar-refractivity contribution in [3.8, 4) is 0 Å². The number of nitrogens with two attached hydrogens (primary N) is 2. The average Bonchev–Trinajstić information content (AvgIpc) is 2.76. The topological polar surface area (TPSA) is 78.3 Å². The van der Waals surface area contributed by atoms with Crippen LogP contribution in [0.5, 0.6) is 0 Å². The molecule has 0 atom stereocenters. The van der Waals surface area contributed by atoms with Crippen LogP contribution in [0.25, 0.3) is 0 Å². The van der Waals surface area contributed by atoms with E-state index in [0.29, 0.717) is 23.5 Å². The summed E-state index contributed by atoms with van der Waals surface area (Å²) in [5, 5.41) is 0. The van der Waals surface area contributed by atoms with Gasteiger partial charge < -0.3 is 16.2 Å². The Morgan fingerprint density at radius 3 is 1.58 bits per heavy atom. The minimum Gasteiger partial charge on any atom is -0.462 e. The summed E-state index contributed by atoms with van der Waals surface area (Å²) in [4.78, 5) is 12.6. The second-order valence-corrected chi connectivity index (χ2v) is 10.7. The van der Waals surface area contributed by atoms with Crippen LogP contribution in [-0.4, -0.2) is 12.6 Å². The lowest BCUT2D eigenvalue weighted by molar-refractivity contribution is 0.0495. The van der Waals surface area contributed by atoms with Crippen molar-refractivity contribution in [1.29, 1.82) is 0 Å². The van der Waals surface area contributed by atoms with Gasteiger partial charge in [0.15, 0.2) is 0 Å². The Labute approximate surface area is 204 Å². The van der Waals surface area contributed by atoms with Crippen LogP contribution in [0.3, 0.4) is 0 Å². The fourth-order valence-electron chi connectivity index (χ4n) is 4.51. The maximum atomic E-state index is 12.6. The number of esters is 1. The predicted octanol–water partition coefficient (Wildman–Crippen LogP) is 8.57. The van der Waals surface area contributed by atoms with Gasteiger partial charge in [-0.15, -0.1) is 0 Å². The molecule has 1 aromatic rings. The van der Waals surface area contributed by atoms with Crippen LogP contribution in [0.1, 0.15) is 146 Å². The maximum Gasteiger partial charge on any atom is 0.338 e. The molecule has 0 saturated carbocycles. The third kappa shape index (κ3) is 12.4. The number of hydrogen-bond donors (Lipinski definition) is 2. The first-order valence-electron chi connectivity index (χ1n) is 13.6. The van der Waals surface area contributed by atoms with Crippen molar-refractivity contribution in [1.82, 2.24) is 0 Å².